The van der Waals surface area contributed by atoms with Gasteiger partial charge in [0.1, 0.15) is 5.82 Å². The molecule has 2 aliphatic rings. The number of amides is 1. The molecule has 0 spiro atoms. The van der Waals surface area contributed by atoms with Gasteiger partial charge in [-0.2, -0.15) is 4.98 Å². The van der Waals surface area contributed by atoms with E-state index in [9.17, 15) is 4.79 Å². The quantitative estimate of drug-likeness (QED) is 0.781. The monoisotopic (exact) mass is 393 g/mol. The zero-order chi connectivity index (χ0) is 20.1. The molecule has 1 aromatic heterocycles. The number of nitrogens with zero attached hydrogens (tertiary/aromatic N) is 5. The van der Waals surface area contributed by atoms with Crippen molar-refractivity contribution in [1.82, 2.24) is 14.9 Å². The van der Waals surface area contributed by atoms with Crippen LogP contribution >= 0.6 is 0 Å². The van der Waals surface area contributed by atoms with E-state index in [4.69, 9.17) is 4.98 Å². The summed E-state index contributed by atoms with van der Waals surface area (Å²) in [6.45, 7) is 7.36. The lowest BCUT2D eigenvalue weighted by Gasteiger charge is -2.36. The van der Waals surface area contributed by atoms with Gasteiger partial charge < -0.3 is 14.7 Å². The first-order valence-electron chi connectivity index (χ1n) is 10.9. The van der Waals surface area contributed by atoms with E-state index in [2.05, 4.69) is 46.0 Å². The molecule has 0 N–H and O–H groups in total. The molecule has 0 aliphatic carbocycles. The zero-order valence-electron chi connectivity index (χ0n) is 17.4. The smallest absolute Gasteiger partial charge is 0.227 e. The summed E-state index contributed by atoms with van der Waals surface area (Å²) in [6.07, 6.45) is 7.00. The van der Waals surface area contributed by atoms with Crippen LogP contribution in [0.15, 0.2) is 36.5 Å². The van der Waals surface area contributed by atoms with Crippen molar-refractivity contribution in [2.45, 2.75) is 39.0 Å². The van der Waals surface area contributed by atoms with Crippen LogP contribution in [0.2, 0.25) is 0 Å². The van der Waals surface area contributed by atoms with Crippen molar-refractivity contribution in [3.05, 3.63) is 47.7 Å². The SMILES string of the molecule is Cc1cccc(CCC(=O)N2CCN(c3ccnc(N4CCCCC4)n3)CC2)c1. The molecular weight excluding hydrogens is 362 g/mol. The Balaban J connectivity index is 1.29. The predicted molar refractivity (Wildman–Crippen MR) is 116 cm³/mol. The summed E-state index contributed by atoms with van der Waals surface area (Å²) in [5.74, 6) is 2.08. The second-order valence-corrected chi connectivity index (χ2v) is 8.12. The van der Waals surface area contributed by atoms with E-state index in [0.29, 0.717) is 6.42 Å². The molecule has 1 aromatic carbocycles. The number of aromatic nitrogens is 2. The molecule has 3 heterocycles. The Kier molecular flexibility index (Phi) is 6.27. The molecule has 0 atom stereocenters. The van der Waals surface area contributed by atoms with Crippen LogP contribution in [0.4, 0.5) is 11.8 Å². The van der Waals surface area contributed by atoms with Crippen LogP contribution in [-0.2, 0) is 11.2 Å². The predicted octanol–water partition coefficient (Wildman–Crippen LogP) is 3.06. The second kappa shape index (κ2) is 9.25. The van der Waals surface area contributed by atoms with Crippen molar-refractivity contribution in [3.63, 3.8) is 0 Å². The maximum Gasteiger partial charge on any atom is 0.227 e. The fraction of sp³-hybridized carbons (Fsp3) is 0.522. The van der Waals surface area contributed by atoms with E-state index >= 15 is 0 Å². The number of benzene rings is 1. The molecule has 2 aromatic rings. The largest absolute Gasteiger partial charge is 0.353 e. The second-order valence-electron chi connectivity index (χ2n) is 8.12. The highest BCUT2D eigenvalue weighted by Gasteiger charge is 2.22. The molecule has 0 saturated carbocycles. The fourth-order valence-corrected chi connectivity index (χ4v) is 4.22. The highest BCUT2D eigenvalue weighted by molar-refractivity contribution is 5.76. The van der Waals surface area contributed by atoms with Crippen LogP contribution in [0.25, 0.3) is 0 Å². The minimum Gasteiger partial charge on any atom is -0.353 e. The van der Waals surface area contributed by atoms with Gasteiger partial charge in [-0.3, -0.25) is 4.79 Å². The lowest BCUT2D eigenvalue weighted by molar-refractivity contribution is -0.131. The van der Waals surface area contributed by atoms with Crippen molar-refractivity contribution in [2.75, 3.05) is 49.1 Å². The number of piperidine rings is 1. The van der Waals surface area contributed by atoms with Crippen LogP contribution < -0.4 is 9.80 Å². The molecule has 2 aliphatic heterocycles. The molecular formula is C23H31N5O. The standard InChI is InChI=1S/C23H31N5O/c1-19-6-5-7-20(18-19)8-9-22(29)27-16-14-26(15-17-27)21-10-11-24-23(25-21)28-12-3-2-4-13-28/h5-7,10-11,18H,2-4,8-9,12-17H2,1H3. The summed E-state index contributed by atoms with van der Waals surface area (Å²) in [4.78, 5) is 28.5. The lowest BCUT2D eigenvalue weighted by atomic mass is 10.1. The Morgan fingerprint density at radius 3 is 2.52 bits per heavy atom. The Morgan fingerprint density at radius 2 is 1.76 bits per heavy atom. The molecule has 0 bridgehead atoms. The summed E-state index contributed by atoms with van der Waals surface area (Å²) in [7, 11) is 0. The van der Waals surface area contributed by atoms with Crippen molar-refractivity contribution in [2.24, 2.45) is 0 Å². The van der Waals surface area contributed by atoms with Crippen LogP contribution in [0, 0.1) is 6.92 Å². The maximum atomic E-state index is 12.6. The molecule has 1 amide bonds. The first kappa shape index (κ1) is 19.7. The average Bonchev–Trinajstić information content (AvgIpc) is 2.78. The number of carbonyl (C=O) groups excluding carboxylic acids is 1. The van der Waals surface area contributed by atoms with Crippen LogP contribution in [0.3, 0.4) is 0 Å². The molecule has 6 heteroatoms. The zero-order valence-corrected chi connectivity index (χ0v) is 17.4. The van der Waals surface area contributed by atoms with Gasteiger partial charge in [0.2, 0.25) is 11.9 Å². The molecule has 4 rings (SSSR count). The third kappa shape index (κ3) is 5.05. The summed E-state index contributed by atoms with van der Waals surface area (Å²) >= 11 is 0. The minimum atomic E-state index is 0.253. The topological polar surface area (TPSA) is 52.6 Å². The third-order valence-electron chi connectivity index (χ3n) is 5.93. The van der Waals surface area contributed by atoms with E-state index in [-0.39, 0.29) is 5.91 Å². The van der Waals surface area contributed by atoms with E-state index in [1.165, 1.54) is 30.4 Å². The molecule has 6 nitrogen and oxygen atoms in total. The van der Waals surface area contributed by atoms with E-state index in [1.54, 1.807) is 0 Å². The van der Waals surface area contributed by atoms with Gasteiger partial charge in [0.05, 0.1) is 0 Å². The summed E-state index contributed by atoms with van der Waals surface area (Å²) in [6, 6.07) is 10.4. The highest BCUT2D eigenvalue weighted by atomic mass is 16.2. The van der Waals surface area contributed by atoms with Gasteiger partial charge in [-0.1, -0.05) is 29.8 Å². The fourth-order valence-electron chi connectivity index (χ4n) is 4.22. The molecule has 0 unspecified atom stereocenters. The van der Waals surface area contributed by atoms with Crippen molar-refractivity contribution < 1.29 is 4.79 Å². The van der Waals surface area contributed by atoms with E-state index in [0.717, 1.165) is 57.5 Å². The Labute approximate surface area is 173 Å². The van der Waals surface area contributed by atoms with Crippen molar-refractivity contribution >= 4 is 17.7 Å². The molecule has 2 saturated heterocycles. The molecule has 2 fully saturated rings. The first-order valence-corrected chi connectivity index (χ1v) is 10.9. The Bertz CT molecular complexity index is 826. The Morgan fingerprint density at radius 1 is 0.966 bits per heavy atom. The number of aryl methyl sites for hydroxylation is 2. The summed E-state index contributed by atoms with van der Waals surface area (Å²) < 4.78 is 0. The van der Waals surface area contributed by atoms with Crippen LogP contribution in [0.5, 0.6) is 0 Å². The van der Waals surface area contributed by atoms with E-state index < -0.39 is 0 Å². The minimum absolute atomic E-state index is 0.253. The number of carbonyl (C=O) groups is 1. The first-order chi connectivity index (χ1) is 14.2. The van der Waals surface area contributed by atoms with Gasteiger partial charge in [0, 0.05) is 51.9 Å². The highest BCUT2D eigenvalue weighted by Crippen LogP contribution is 2.20. The lowest BCUT2D eigenvalue weighted by Crippen LogP contribution is -2.49. The van der Waals surface area contributed by atoms with Gasteiger partial charge in [-0.25, -0.2) is 4.98 Å². The third-order valence-corrected chi connectivity index (χ3v) is 5.93. The van der Waals surface area contributed by atoms with Crippen molar-refractivity contribution in [1.29, 1.82) is 0 Å². The number of hydrogen-bond donors (Lipinski definition) is 0. The molecule has 154 valence electrons. The van der Waals surface area contributed by atoms with Crippen LogP contribution in [0.1, 0.15) is 36.8 Å². The van der Waals surface area contributed by atoms with Gasteiger partial charge in [0.25, 0.3) is 0 Å². The van der Waals surface area contributed by atoms with E-state index in [1.807, 2.05) is 17.2 Å². The average molecular weight is 394 g/mol. The number of anilines is 2. The van der Waals surface area contributed by atoms with Gasteiger partial charge in [-0.05, 0) is 44.2 Å². The van der Waals surface area contributed by atoms with Gasteiger partial charge in [0.15, 0.2) is 0 Å². The summed E-state index contributed by atoms with van der Waals surface area (Å²) in [5.41, 5.74) is 2.49. The summed E-state index contributed by atoms with van der Waals surface area (Å²) in [5, 5.41) is 0. The number of piperazine rings is 1. The van der Waals surface area contributed by atoms with Gasteiger partial charge >= 0.3 is 0 Å². The van der Waals surface area contributed by atoms with Crippen molar-refractivity contribution in [3.8, 4) is 0 Å². The van der Waals surface area contributed by atoms with Gasteiger partial charge in [-0.15, -0.1) is 0 Å². The number of hydrogen-bond acceptors (Lipinski definition) is 5. The molecule has 0 radical (unpaired) electrons. The Hall–Kier alpha value is -2.63. The van der Waals surface area contributed by atoms with Crippen LogP contribution in [-0.4, -0.2) is 60.0 Å². The number of rotatable bonds is 5. The molecule has 29 heavy (non-hydrogen) atoms. The normalized spacial score (nSPS) is 17.5. The maximum absolute atomic E-state index is 12.6.